The van der Waals surface area contributed by atoms with Gasteiger partial charge >= 0.3 is 0 Å². The van der Waals surface area contributed by atoms with Gasteiger partial charge in [-0.3, -0.25) is 0 Å². The van der Waals surface area contributed by atoms with Crippen molar-refractivity contribution in [2.45, 2.75) is 0 Å². The lowest BCUT2D eigenvalue weighted by Crippen LogP contribution is -2.00. The van der Waals surface area contributed by atoms with Crippen LogP contribution in [0.3, 0.4) is 0 Å². The summed E-state index contributed by atoms with van der Waals surface area (Å²) in [5.74, 6) is 1.95. The Labute approximate surface area is 245 Å². The number of hydrogen-bond donors (Lipinski definition) is 0. The van der Waals surface area contributed by atoms with Crippen molar-refractivity contribution in [2.24, 2.45) is 0 Å². The molecule has 7 rings (SSSR count). The van der Waals surface area contributed by atoms with Gasteiger partial charge in [0.05, 0.1) is 0 Å². The van der Waals surface area contributed by atoms with Crippen LogP contribution < -0.4 is 0 Å². The van der Waals surface area contributed by atoms with Gasteiger partial charge in [0.25, 0.3) is 0 Å². The second kappa shape index (κ2) is 11.4. The second-order valence-electron chi connectivity index (χ2n) is 10.1. The molecule has 0 fully saturated rings. The van der Waals surface area contributed by atoms with Crippen molar-refractivity contribution in [1.29, 1.82) is 0 Å². The number of aromatic nitrogens is 3. The van der Waals surface area contributed by atoms with Crippen LogP contribution in [0.25, 0.3) is 67.5 Å². The molecular weight excluding hydrogens is 510 g/mol. The molecule has 1 heterocycles. The summed E-state index contributed by atoms with van der Waals surface area (Å²) >= 11 is 0. The van der Waals surface area contributed by atoms with Crippen LogP contribution >= 0.6 is 0 Å². The van der Waals surface area contributed by atoms with Crippen molar-refractivity contribution in [1.82, 2.24) is 15.0 Å². The van der Waals surface area contributed by atoms with Gasteiger partial charge in [-0.25, -0.2) is 15.0 Å². The molecular formula is C39H27N3. The third-order valence-corrected chi connectivity index (χ3v) is 7.36. The van der Waals surface area contributed by atoms with Crippen LogP contribution in [0.15, 0.2) is 164 Å². The molecule has 0 N–H and O–H groups in total. The smallest absolute Gasteiger partial charge is 0.164 e. The molecule has 0 radical (unpaired) electrons. The van der Waals surface area contributed by atoms with Crippen molar-refractivity contribution in [2.75, 3.05) is 0 Å². The molecule has 198 valence electrons. The van der Waals surface area contributed by atoms with E-state index in [1.165, 1.54) is 16.7 Å². The van der Waals surface area contributed by atoms with Gasteiger partial charge in [0, 0.05) is 16.7 Å². The van der Waals surface area contributed by atoms with E-state index in [-0.39, 0.29) is 0 Å². The first-order chi connectivity index (χ1) is 20.8. The molecule has 0 saturated heterocycles. The zero-order valence-corrected chi connectivity index (χ0v) is 22.9. The molecule has 0 atom stereocenters. The first kappa shape index (κ1) is 25.3. The molecule has 3 heteroatoms. The maximum Gasteiger partial charge on any atom is 0.164 e. The highest BCUT2D eigenvalue weighted by Gasteiger charge is 2.17. The van der Waals surface area contributed by atoms with Crippen LogP contribution in [0.4, 0.5) is 0 Å². The SMILES string of the molecule is c1ccc(-c2nc(-c3ccccc3)nc(-c3ccc(-c4ccccc4-c4ccccc4)c(-c4ccccc4)c3)n2)cc1. The molecule has 0 spiro atoms. The molecule has 0 aliphatic carbocycles. The van der Waals surface area contributed by atoms with Gasteiger partial charge in [0.1, 0.15) is 0 Å². The summed E-state index contributed by atoms with van der Waals surface area (Å²) in [7, 11) is 0. The number of rotatable bonds is 6. The van der Waals surface area contributed by atoms with Gasteiger partial charge in [-0.15, -0.1) is 0 Å². The van der Waals surface area contributed by atoms with Crippen LogP contribution in [0.1, 0.15) is 0 Å². The molecule has 1 aromatic heterocycles. The van der Waals surface area contributed by atoms with Crippen molar-refractivity contribution in [3.63, 3.8) is 0 Å². The fraction of sp³-hybridized carbons (Fsp3) is 0. The van der Waals surface area contributed by atoms with E-state index in [2.05, 4.69) is 103 Å². The molecule has 7 aromatic rings. The maximum atomic E-state index is 4.98. The highest BCUT2D eigenvalue weighted by molar-refractivity contribution is 5.93. The number of benzene rings is 6. The van der Waals surface area contributed by atoms with Crippen molar-refractivity contribution in [3.8, 4) is 67.5 Å². The van der Waals surface area contributed by atoms with E-state index in [9.17, 15) is 0 Å². The standard InChI is InChI=1S/C39H27N3/c1-5-15-28(16-6-1)33-23-13-14-24-34(33)35-26-25-32(27-36(35)29-17-7-2-8-18-29)39-41-37(30-19-9-3-10-20-30)40-38(42-39)31-21-11-4-12-22-31/h1-27H. The summed E-state index contributed by atoms with van der Waals surface area (Å²) in [6, 6.07) is 56.4. The fourth-order valence-electron chi connectivity index (χ4n) is 5.30. The second-order valence-corrected chi connectivity index (χ2v) is 10.1. The quantitative estimate of drug-likeness (QED) is 0.212. The van der Waals surface area contributed by atoms with Crippen LogP contribution in [-0.4, -0.2) is 15.0 Å². The van der Waals surface area contributed by atoms with Gasteiger partial charge < -0.3 is 0 Å². The normalized spacial score (nSPS) is 10.9. The largest absolute Gasteiger partial charge is 0.208 e. The zero-order valence-electron chi connectivity index (χ0n) is 22.9. The van der Waals surface area contributed by atoms with E-state index in [4.69, 9.17) is 15.0 Å². The molecule has 6 aromatic carbocycles. The minimum Gasteiger partial charge on any atom is -0.208 e. The van der Waals surface area contributed by atoms with Gasteiger partial charge in [0.2, 0.25) is 0 Å². The predicted molar refractivity (Wildman–Crippen MR) is 172 cm³/mol. The summed E-state index contributed by atoms with van der Waals surface area (Å²) < 4.78 is 0. The van der Waals surface area contributed by atoms with E-state index >= 15 is 0 Å². The Kier molecular flexibility index (Phi) is 6.89. The Balaban J connectivity index is 1.43. The van der Waals surface area contributed by atoms with Gasteiger partial charge in [0.15, 0.2) is 17.5 Å². The maximum absolute atomic E-state index is 4.98. The molecule has 3 nitrogen and oxygen atoms in total. The highest BCUT2D eigenvalue weighted by atomic mass is 15.0. The van der Waals surface area contributed by atoms with Crippen LogP contribution in [-0.2, 0) is 0 Å². The van der Waals surface area contributed by atoms with Gasteiger partial charge in [-0.1, -0.05) is 158 Å². The predicted octanol–water partition coefficient (Wildman–Crippen LogP) is 9.87. The van der Waals surface area contributed by atoms with Gasteiger partial charge in [-0.05, 0) is 39.4 Å². The summed E-state index contributed by atoms with van der Waals surface area (Å²) in [5, 5.41) is 0. The molecule has 0 bridgehead atoms. The molecule has 0 saturated carbocycles. The lowest BCUT2D eigenvalue weighted by Gasteiger charge is -2.16. The topological polar surface area (TPSA) is 38.7 Å². The molecule has 42 heavy (non-hydrogen) atoms. The molecule has 0 unspecified atom stereocenters. The van der Waals surface area contributed by atoms with Crippen LogP contribution in [0.5, 0.6) is 0 Å². The third kappa shape index (κ3) is 5.12. The Hall–Kier alpha value is -5.67. The lowest BCUT2D eigenvalue weighted by molar-refractivity contribution is 1.07. The van der Waals surface area contributed by atoms with E-state index in [0.717, 1.165) is 33.4 Å². The van der Waals surface area contributed by atoms with E-state index in [0.29, 0.717) is 17.5 Å². The summed E-state index contributed by atoms with van der Waals surface area (Å²) in [4.78, 5) is 14.8. The first-order valence-corrected chi connectivity index (χ1v) is 14.0. The Morgan fingerprint density at radius 2 is 0.595 bits per heavy atom. The first-order valence-electron chi connectivity index (χ1n) is 14.0. The monoisotopic (exact) mass is 537 g/mol. The van der Waals surface area contributed by atoms with E-state index in [1.807, 2.05) is 60.7 Å². The Bertz CT molecular complexity index is 1900. The third-order valence-electron chi connectivity index (χ3n) is 7.36. The molecule has 0 amide bonds. The Morgan fingerprint density at radius 3 is 1.10 bits per heavy atom. The zero-order chi connectivity index (χ0) is 28.1. The van der Waals surface area contributed by atoms with E-state index < -0.39 is 0 Å². The summed E-state index contributed by atoms with van der Waals surface area (Å²) in [5.41, 5.74) is 9.83. The lowest BCUT2D eigenvalue weighted by atomic mass is 9.88. The number of hydrogen-bond acceptors (Lipinski definition) is 3. The van der Waals surface area contributed by atoms with Gasteiger partial charge in [-0.2, -0.15) is 0 Å². The molecule has 0 aliphatic heterocycles. The van der Waals surface area contributed by atoms with Crippen molar-refractivity contribution >= 4 is 0 Å². The van der Waals surface area contributed by atoms with Crippen LogP contribution in [0, 0.1) is 0 Å². The van der Waals surface area contributed by atoms with Crippen molar-refractivity contribution in [3.05, 3.63) is 164 Å². The van der Waals surface area contributed by atoms with Crippen molar-refractivity contribution < 1.29 is 0 Å². The summed E-state index contributed by atoms with van der Waals surface area (Å²) in [6.45, 7) is 0. The fourth-order valence-corrected chi connectivity index (χ4v) is 5.30. The minimum atomic E-state index is 0.641. The van der Waals surface area contributed by atoms with Crippen LogP contribution in [0.2, 0.25) is 0 Å². The average Bonchev–Trinajstić information content (AvgIpc) is 3.09. The number of nitrogens with zero attached hydrogens (tertiary/aromatic N) is 3. The summed E-state index contributed by atoms with van der Waals surface area (Å²) in [6.07, 6.45) is 0. The van der Waals surface area contributed by atoms with E-state index in [1.54, 1.807) is 0 Å². The minimum absolute atomic E-state index is 0.641. The average molecular weight is 538 g/mol. The molecule has 0 aliphatic rings. The Morgan fingerprint density at radius 1 is 0.238 bits per heavy atom. The highest BCUT2D eigenvalue weighted by Crippen LogP contribution is 2.40.